The summed E-state index contributed by atoms with van der Waals surface area (Å²) in [6.45, 7) is 1.42. The van der Waals surface area contributed by atoms with E-state index >= 15 is 4.39 Å². The number of hydrogen-bond acceptors (Lipinski definition) is 6. The van der Waals surface area contributed by atoms with Crippen molar-refractivity contribution < 1.29 is 23.0 Å². The van der Waals surface area contributed by atoms with Crippen molar-refractivity contribution in [3.05, 3.63) is 51.4 Å². The lowest BCUT2D eigenvalue weighted by Gasteiger charge is -2.30. The van der Waals surface area contributed by atoms with Crippen LogP contribution in [0.4, 0.5) is 13.2 Å². The average Bonchev–Trinajstić information content (AvgIpc) is 3.39. The van der Waals surface area contributed by atoms with Gasteiger partial charge in [-0.25, -0.2) is 13.2 Å². The molecule has 0 aliphatic carbocycles. The molecule has 4 aromatic rings. The number of phenols is 1. The minimum atomic E-state index is -0.900. The van der Waals surface area contributed by atoms with E-state index in [2.05, 4.69) is 25.8 Å². The summed E-state index contributed by atoms with van der Waals surface area (Å²) in [5.41, 5.74) is -0.504. The Morgan fingerprint density at radius 3 is 2.92 bits per heavy atom. The van der Waals surface area contributed by atoms with E-state index in [0.717, 1.165) is 19.4 Å². The maximum Gasteiger partial charge on any atom is 0.318 e. The fraction of sp³-hybridized carbons (Fsp3) is 0.296. The van der Waals surface area contributed by atoms with Gasteiger partial charge >= 0.3 is 6.01 Å². The quantitative estimate of drug-likeness (QED) is 0.189. The van der Waals surface area contributed by atoms with Gasteiger partial charge in [0.2, 0.25) is 0 Å². The first-order valence-corrected chi connectivity index (χ1v) is 12.8. The van der Waals surface area contributed by atoms with Gasteiger partial charge < -0.3 is 9.84 Å². The molecule has 0 radical (unpaired) electrons. The zero-order chi connectivity index (χ0) is 25.9. The summed E-state index contributed by atoms with van der Waals surface area (Å²) in [5, 5.41) is 11.4. The summed E-state index contributed by atoms with van der Waals surface area (Å²) in [6.07, 6.45) is 8.26. The Kier molecular flexibility index (Phi) is 5.88. The van der Waals surface area contributed by atoms with Crippen LogP contribution >= 0.6 is 22.6 Å². The van der Waals surface area contributed by atoms with Crippen LogP contribution in [-0.2, 0) is 0 Å². The van der Waals surface area contributed by atoms with Crippen molar-refractivity contribution in [3.8, 4) is 35.4 Å². The fourth-order valence-electron chi connectivity index (χ4n) is 5.66. The summed E-state index contributed by atoms with van der Waals surface area (Å²) in [4.78, 5) is 15.1. The van der Waals surface area contributed by atoms with Gasteiger partial charge in [-0.15, -0.1) is 6.42 Å². The predicted molar refractivity (Wildman–Crippen MR) is 141 cm³/mol. The van der Waals surface area contributed by atoms with Crippen LogP contribution in [0.2, 0.25) is 0 Å². The molecule has 2 saturated heterocycles. The van der Waals surface area contributed by atoms with Crippen LogP contribution in [-0.4, -0.2) is 56.4 Å². The van der Waals surface area contributed by atoms with Crippen LogP contribution in [0.3, 0.4) is 0 Å². The highest BCUT2D eigenvalue weighted by atomic mass is 127. The molecule has 2 aliphatic heterocycles. The molecular formula is C27H20F3IN4O2. The molecular weight excluding hydrogens is 596 g/mol. The number of ether oxygens (including phenoxy) is 1. The molecule has 10 heteroatoms. The number of hydrogen-bond donors (Lipinski definition) is 1. The number of terminal acetylenes is 1. The molecule has 6 nitrogen and oxygen atoms in total. The third-order valence-electron chi connectivity index (χ3n) is 7.30. The van der Waals surface area contributed by atoms with E-state index in [9.17, 15) is 13.9 Å². The van der Waals surface area contributed by atoms with Gasteiger partial charge in [-0.1, -0.05) is 12.0 Å². The maximum absolute atomic E-state index is 16.0. The van der Waals surface area contributed by atoms with E-state index in [1.807, 2.05) is 22.6 Å². The number of aromatic nitrogens is 3. The first kappa shape index (κ1) is 24.2. The monoisotopic (exact) mass is 616 g/mol. The van der Waals surface area contributed by atoms with Gasteiger partial charge in [0.1, 0.15) is 39.3 Å². The third kappa shape index (κ3) is 3.95. The highest BCUT2D eigenvalue weighted by molar-refractivity contribution is 14.1. The maximum atomic E-state index is 16.0. The van der Waals surface area contributed by atoms with Crippen molar-refractivity contribution in [2.75, 3.05) is 19.7 Å². The van der Waals surface area contributed by atoms with Crippen molar-refractivity contribution >= 4 is 44.3 Å². The standard InChI is InChI=1S/C27H20F3IN4O2/c1-2-17-20(29)5-4-14-8-16(36)9-18(21(14)17)23-22(30)24-19(11-32-23)25(31)34-26(33-24)37-13-27-6-3-7-35(27)12-15(28)10-27/h1,4-5,8-9,11,15,36H,3,6-7,10,12-13H2/t15-,27+/m1/s1. The molecule has 4 heterocycles. The molecule has 0 saturated carbocycles. The molecule has 188 valence electrons. The van der Waals surface area contributed by atoms with E-state index in [4.69, 9.17) is 11.2 Å². The number of pyridine rings is 1. The summed E-state index contributed by atoms with van der Waals surface area (Å²) >= 11 is 1.96. The number of fused-ring (bicyclic) bond motifs is 3. The molecule has 0 bridgehead atoms. The second-order valence-electron chi connectivity index (χ2n) is 9.50. The van der Waals surface area contributed by atoms with E-state index in [-0.39, 0.29) is 46.1 Å². The van der Waals surface area contributed by atoms with Crippen LogP contribution < -0.4 is 4.74 Å². The second-order valence-corrected chi connectivity index (χ2v) is 10.5. The molecule has 37 heavy (non-hydrogen) atoms. The lowest BCUT2D eigenvalue weighted by atomic mass is 9.95. The number of aromatic hydroxyl groups is 1. The highest BCUT2D eigenvalue weighted by Crippen LogP contribution is 2.41. The van der Waals surface area contributed by atoms with Gasteiger partial charge in [0.15, 0.2) is 5.82 Å². The Morgan fingerprint density at radius 2 is 2.11 bits per heavy atom. The zero-order valence-corrected chi connectivity index (χ0v) is 21.6. The van der Waals surface area contributed by atoms with Gasteiger partial charge in [0, 0.05) is 30.1 Å². The second kappa shape index (κ2) is 8.99. The van der Waals surface area contributed by atoms with Crippen molar-refractivity contribution in [2.24, 2.45) is 0 Å². The third-order valence-corrected chi connectivity index (χ3v) is 8.12. The van der Waals surface area contributed by atoms with Crippen molar-refractivity contribution in [2.45, 2.75) is 31.0 Å². The molecule has 1 N–H and O–H groups in total. The summed E-state index contributed by atoms with van der Waals surface area (Å²) in [5.74, 6) is 0.747. The Balaban J connectivity index is 1.45. The molecule has 0 unspecified atom stereocenters. The van der Waals surface area contributed by atoms with Gasteiger partial charge in [0.05, 0.1) is 16.5 Å². The molecule has 2 fully saturated rings. The minimum Gasteiger partial charge on any atom is -0.508 e. The molecule has 6 rings (SSSR count). The van der Waals surface area contributed by atoms with Gasteiger partial charge in [-0.05, 0) is 65.6 Å². The fourth-order valence-corrected chi connectivity index (χ4v) is 6.26. The highest BCUT2D eigenvalue weighted by Gasteiger charge is 2.49. The SMILES string of the molecule is C#Cc1c(F)ccc2cc(O)cc(-c3ncc4c(I)nc(OC[C@@]56CCCN5C[C@H](F)C6)nc4c3F)c12. The lowest BCUT2D eigenvalue weighted by Crippen LogP contribution is -2.43. The summed E-state index contributed by atoms with van der Waals surface area (Å²) in [7, 11) is 0. The topological polar surface area (TPSA) is 71.4 Å². The number of alkyl halides is 1. The normalized spacial score (nSPS) is 21.4. The Bertz CT molecular complexity index is 1630. The summed E-state index contributed by atoms with van der Waals surface area (Å²) in [6, 6.07) is 5.36. The van der Waals surface area contributed by atoms with Gasteiger partial charge in [0.25, 0.3) is 0 Å². The van der Waals surface area contributed by atoms with Crippen LogP contribution in [0.1, 0.15) is 24.8 Å². The lowest BCUT2D eigenvalue weighted by molar-refractivity contribution is 0.107. The zero-order valence-electron chi connectivity index (χ0n) is 19.4. The number of nitrogens with zero attached hydrogens (tertiary/aromatic N) is 4. The van der Waals surface area contributed by atoms with Crippen LogP contribution in [0, 0.1) is 27.7 Å². The molecule has 2 atom stereocenters. The van der Waals surface area contributed by atoms with E-state index in [1.165, 1.54) is 30.5 Å². The van der Waals surface area contributed by atoms with Crippen molar-refractivity contribution in [1.29, 1.82) is 0 Å². The van der Waals surface area contributed by atoms with Crippen LogP contribution in [0.5, 0.6) is 11.8 Å². The number of benzene rings is 2. The minimum absolute atomic E-state index is 0.0207. The van der Waals surface area contributed by atoms with Crippen LogP contribution in [0.15, 0.2) is 30.5 Å². The molecule has 2 aromatic carbocycles. The van der Waals surface area contributed by atoms with Crippen molar-refractivity contribution in [3.63, 3.8) is 0 Å². The van der Waals surface area contributed by atoms with E-state index in [1.54, 1.807) is 0 Å². The number of rotatable bonds is 4. The predicted octanol–water partition coefficient (Wildman–Crippen LogP) is 5.37. The Morgan fingerprint density at radius 1 is 1.27 bits per heavy atom. The summed E-state index contributed by atoms with van der Waals surface area (Å²) < 4.78 is 51.0. The molecule has 0 spiro atoms. The Hall–Kier alpha value is -3.17. The van der Waals surface area contributed by atoms with E-state index < -0.39 is 23.3 Å². The van der Waals surface area contributed by atoms with Crippen LogP contribution in [0.25, 0.3) is 32.9 Å². The average molecular weight is 616 g/mol. The first-order valence-electron chi connectivity index (χ1n) is 11.8. The first-order chi connectivity index (χ1) is 17.8. The molecule has 2 aromatic heterocycles. The Labute approximate surface area is 224 Å². The van der Waals surface area contributed by atoms with Gasteiger partial charge in [-0.2, -0.15) is 9.97 Å². The number of halogens is 4. The molecule has 0 amide bonds. The van der Waals surface area contributed by atoms with Gasteiger partial charge in [-0.3, -0.25) is 9.88 Å². The van der Waals surface area contributed by atoms with Crippen molar-refractivity contribution in [1.82, 2.24) is 19.9 Å². The molecule has 2 aliphatic rings. The smallest absolute Gasteiger partial charge is 0.318 e. The number of phenolic OH excluding ortho intramolecular Hbond substituents is 1. The van der Waals surface area contributed by atoms with E-state index in [0.29, 0.717) is 27.4 Å². The largest absolute Gasteiger partial charge is 0.508 e.